The quantitative estimate of drug-likeness (QED) is 0.602. The number of hydrogen-bond donors (Lipinski definition) is 2. The summed E-state index contributed by atoms with van der Waals surface area (Å²) < 4.78 is 0. The summed E-state index contributed by atoms with van der Waals surface area (Å²) in [6.07, 6.45) is 3.42. The van der Waals surface area contributed by atoms with Gasteiger partial charge in [-0.3, -0.25) is 0 Å². The van der Waals surface area contributed by atoms with Crippen LogP contribution in [0.15, 0.2) is 0 Å². The lowest BCUT2D eigenvalue weighted by Crippen LogP contribution is -2.35. The van der Waals surface area contributed by atoms with E-state index < -0.39 is 0 Å². The molecule has 0 radical (unpaired) electrons. The Morgan fingerprint density at radius 1 is 1.13 bits per heavy atom. The Bertz CT molecular complexity index is 156. The topological polar surface area (TPSA) is 44.4 Å². The lowest BCUT2D eigenvalue weighted by molar-refractivity contribution is 0.239. The molecule has 4 heteroatoms. The lowest BCUT2D eigenvalue weighted by atomic mass is 10.3. The van der Waals surface area contributed by atoms with Gasteiger partial charge in [-0.2, -0.15) is 0 Å². The van der Waals surface area contributed by atoms with Crippen LogP contribution in [0.3, 0.4) is 0 Å². The molecule has 90 valence electrons. The van der Waals surface area contributed by atoms with Crippen molar-refractivity contribution in [1.82, 2.24) is 15.5 Å². The van der Waals surface area contributed by atoms with E-state index >= 15 is 0 Å². The van der Waals surface area contributed by atoms with Gasteiger partial charge in [0, 0.05) is 13.6 Å². The van der Waals surface area contributed by atoms with E-state index in [-0.39, 0.29) is 6.03 Å². The molecular weight excluding hydrogens is 190 g/mol. The fourth-order valence-corrected chi connectivity index (χ4v) is 1.56. The van der Waals surface area contributed by atoms with Crippen molar-refractivity contribution in [2.75, 3.05) is 33.2 Å². The van der Waals surface area contributed by atoms with E-state index in [1.807, 2.05) is 0 Å². The Morgan fingerprint density at radius 3 is 2.20 bits per heavy atom. The maximum Gasteiger partial charge on any atom is 0.314 e. The molecule has 0 aliphatic heterocycles. The van der Waals surface area contributed by atoms with Gasteiger partial charge in [0.25, 0.3) is 0 Å². The minimum absolute atomic E-state index is 0.0902. The van der Waals surface area contributed by atoms with E-state index in [2.05, 4.69) is 29.4 Å². The highest BCUT2D eigenvalue weighted by atomic mass is 16.2. The number of urea groups is 1. The highest BCUT2D eigenvalue weighted by Gasteiger charge is 2.02. The van der Waals surface area contributed by atoms with Gasteiger partial charge in [-0.1, -0.05) is 13.8 Å². The summed E-state index contributed by atoms with van der Waals surface area (Å²) in [4.78, 5) is 13.3. The first kappa shape index (κ1) is 14.2. The summed E-state index contributed by atoms with van der Waals surface area (Å²) in [7, 11) is 1.63. The molecule has 0 aromatic rings. The molecule has 0 saturated heterocycles. The van der Waals surface area contributed by atoms with Gasteiger partial charge in [0.2, 0.25) is 0 Å². The largest absolute Gasteiger partial charge is 0.341 e. The molecule has 0 spiro atoms. The van der Waals surface area contributed by atoms with Crippen molar-refractivity contribution < 1.29 is 4.79 Å². The third-order valence-electron chi connectivity index (χ3n) is 2.24. The molecule has 0 unspecified atom stereocenters. The minimum Gasteiger partial charge on any atom is -0.341 e. The molecule has 0 atom stereocenters. The normalized spacial score (nSPS) is 10.4. The summed E-state index contributed by atoms with van der Waals surface area (Å²) in [5.74, 6) is 0. The number of rotatable bonds is 8. The van der Waals surface area contributed by atoms with Gasteiger partial charge >= 0.3 is 6.03 Å². The van der Waals surface area contributed by atoms with Gasteiger partial charge < -0.3 is 15.5 Å². The molecule has 0 aliphatic carbocycles. The van der Waals surface area contributed by atoms with E-state index in [4.69, 9.17) is 0 Å². The Hall–Kier alpha value is -0.770. The minimum atomic E-state index is -0.0902. The zero-order valence-electron chi connectivity index (χ0n) is 10.3. The Balaban J connectivity index is 3.48. The van der Waals surface area contributed by atoms with Crippen molar-refractivity contribution in [1.29, 1.82) is 0 Å². The summed E-state index contributed by atoms with van der Waals surface area (Å²) in [5, 5.41) is 5.33. The number of nitrogens with zero attached hydrogens (tertiary/aromatic N) is 1. The van der Waals surface area contributed by atoms with Gasteiger partial charge in [-0.25, -0.2) is 4.79 Å². The zero-order chi connectivity index (χ0) is 11.5. The van der Waals surface area contributed by atoms with Crippen LogP contribution in [0, 0.1) is 0 Å². The van der Waals surface area contributed by atoms with Crippen molar-refractivity contribution in [2.45, 2.75) is 33.1 Å². The maximum atomic E-state index is 10.9. The van der Waals surface area contributed by atoms with Crippen LogP contribution in [0.4, 0.5) is 4.79 Å². The van der Waals surface area contributed by atoms with Gasteiger partial charge in [-0.05, 0) is 38.9 Å². The molecule has 0 saturated carbocycles. The van der Waals surface area contributed by atoms with Crippen molar-refractivity contribution in [3.05, 3.63) is 0 Å². The van der Waals surface area contributed by atoms with Gasteiger partial charge in [0.15, 0.2) is 0 Å². The first-order valence-electron chi connectivity index (χ1n) is 5.92. The zero-order valence-corrected chi connectivity index (χ0v) is 10.3. The number of nitrogens with one attached hydrogen (secondary N) is 2. The summed E-state index contributed by atoms with van der Waals surface area (Å²) in [6, 6.07) is -0.0902. The van der Waals surface area contributed by atoms with Crippen molar-refractivity contribution in [2.24, 2.45) is 0 Å². The lowest BCUT2D eigenvalue weighted by Gasteiger charge is -2.20. The Kier molecular flexibility index (Phi) is 9.27. The molecule has 2 amide bonds. The molecule has 2 N–H and O–H groups in total. The fourth-order valence-electron chi connectivity index (χ4n) is 1.56. The highest BCUT2D eigenvalue weighted by molar-refractivity contribution is 5.73. The van der Waals surface area contributed by atoms with E-state index in [1.54, 1.807) is 7.05 Å². The van der Waals surface area contributed by atoms with Crippen LogP contribution in [-0.4, -0.2) is 44.2 Å². The Morgan fingerprint density at radius 2 is 1.73 bits per heavy atom. The number of amides is 2. The summed E-state index contributed by atoms with van der Waals surface area (Å²) in [5.41, 5.74) is 0. The highest BCUT2D eigenvalue weighted by Crippen LogP contribution is 1.95. The SMILES string of the molecule is CCCN(CCC)CCCNC(=O)NC. The summed E-state index contributed by atoms with van der Waals surface area (Å²) in [6.45, 7) is 8.55. The van der Waals surface area contributed by atoms with Crippen LogP contribution >= 0.6 is 0 Å². The molecule has 0 aliphatic rings. The second-order valence-electron chi connectivity index (χ2n) is 3.70. The monoisotopic (exact) mass is 215 g/mol. The number of carbonyl (C=O) groups is 1. The van der Waals surface area contributed by atoms with Crippen molar-refractivity contribution in [3.63, 3.8) is 0 Å². The molecule has 0 heterocycles. The van der Waals surface area contributed by atoms with E-state index in [1.165, 1.54) is 12.8 Å². The second-order valence-corrected chi connectivity index (χ2v) is 3.70. The first-order valence-corrected chi connectivity index (χ1v) is 5.92. The number of hydrogen-bond acceptors (Lipinski definition) is 2. The standard InChI is InChI=1S/C11H25N3O/c1-4-8-14(9-5-2)10-6-7-13-11(15)12-3/h4-10H2,1-3H3,(H2,12,13,15). The van der Waals surface area contributed by atoms with E-state index in [0.29, 0.717) is 0 Å². The van der Waals surface area contributed by atoms with Crippen LogP contribution < -0.4 is 10.6 Å². The van der Waals surface area contributed by atoms with Crippen molar-refractivity contribution in [3.8, 4) is 0 Å². The number of carbonyl (C=O) groups excluding carboxylic acids is 1. The molecule has 0 fully saturated rings. The first-order chi connectivity index (χ1) is 7.24. The second kappa shape index (κ2) is 9.77. The average Bonchev–Trinajstić information content (AvgIpc) is 2.24. The predicted octanol–water partition coefficient (Wildman–Crippen LogP) is 1.43. The third kappa shape index (κ3) is 8.24. The maximum absolute atomic E-state index is 10.9. The molecule has 4 nitrogen and oxygen atoms in total. The van der Waals surface area contributed by atoms with Crippen LogP contribution in [0.25, 0.3) is 0 Å². The molecule has 0 aromatic heterocycles. The van der Waals surface area contributed by atoms with Gasteiger partial charge in [0.05, 0.1) is 0 Å². The molecule has 0 bridgehead atoms. The molecule has 0 aromatic carbocycles. The fraction of sp³-hybridized carbons (Fsp3) is 0.909. The van der Waals surface area contributed by atoms with Crippen LogP contribution in [-0.2, 0) is 0 Å². The van der Waals surface area contributed by atoms with Crippen LogP contribution in [0.2, 0.25) is 0 Å². The predicted molar refractivity (Wildman–Crippen MR) is 64.1 cm³/mol. The van der Waals surface area contributed by atoms with E-state index in [0.717, 1.165) is 32.6 Å². The van der Waals surface area contributed by atoms with Crippen LogP contribution in [0.1, 0.15) is 33.1 Å². The van der Waals surface area contributed by atoms with Gasteiger partial charge in [0.1, 0.15) is 0 Å². The smallest absolute Gasteiger partial charge is 0.314 e. The third-order valence-corrected chi connectivity index (χ3v) is 2.24. The molecule has 15 heavy (non-hydrogen) atoms. The summed E-state index contributed by atoms with van der Waals surface area (Å²) >= 11 is 0. The van der Waals surface area contributed by atoms with Gasteiger partial charge in [-0.15, -0.1) is 0 Å². The molecular formula is C11H25N3O. The van der Waals surface area contributed by atoms with E-state index in [9.17, 15) is 4.79 Å². The molecule has 0 rings (SSSR count). The van der Waals surface area contributed by atoms with Crippen LogP contribution in [0.5, 0.6) is 0 Å². The van der Waals surface area contributed by atoms with Crippen molar-refractivity contribution >= 4 is 6.03 Å². The Labute approximate surface area is 93.4 Å². The average molecular weight is 215 g/mol.